The lowest BCUT2D eigenvalue weighted by Gasteiger charge is -2.17. The van der Waals surface area contributed by atoms with Crippen LogP contribution in [0.1, 0.15) is 37.7 Å². The molecule has 1 aliphatic rings. The quantitative estimate of drug-likeness (QED) is 0.493. The lowest BCUT2D eigenvalue weighted by atomic mass is 9.96. The predicted octanol–water partition coefficient (Wildman–Crippen LogP) is 5.06. The highest BCUT2D eigenvalue weighted by molar-refractivity contribution is 7.07. The van der Waals surface area contributed by atoms with Gasteiger partial charge in [0.05, 0.1) is 39.3 Å². The van der Waals surface area contributed by atoms with E-state index >= 15 is 0 Å². The second-order valence-electron chi connectivity index (χ2n) is 7.85. The van der Waals surface area contributed by atoms with Crippen LogP contribution in [0.3, 0.4) is 0 Å². The highest BCUT2D eigenvalue weighted by atomic mass is 32.1. The topological polar surface area (TPSA) is 77.6 Å². The average molecular weight is 468 g/mol. The van der Waals surface area contributed by atoms with Gasteiger partial charge in [0, 0.05) is 16.5 Å². The minimum atomic E-state index is 0.178. The fourth-order valence-corrected chi connectivity index (χ4v) is 4.92. The molecule has 7 nitrogen and oxygen atoms in total. The standard InChI is InChI=1S/C25H29N3O4S/c1-30-22-13-18(14-23(31-2)24(22)32-3)20-16-33-25(27-19-10-5-4-6-11-19)28(20)26-15-17-9-7-8-12-21(17)29/h7-9,12-16,19,29H,4-6,10-11H2,1-3H3. The van der Waals surface area contributed by atoms with Crippen molar-refractivity contribution in [2.75, 3.05) is 21.3 Å². The Labute approximate surface area is 197 Å². The summed E-state index contributed by atoms with van der Waals surface area (Å²) in [5.74, 6) is 1.85. The van der Waals surface area contributed by atoms with E-state index in [-0.39, 0.29) is 5.75 Å². The van der Waals surface area contributed by atoms with Crippen molar-refractivity contribution in [3.05, 3.63) is 52.1 Å². The van der Waals surface area contributed by atoms with E-state index in [2.05, 4.69) is 0 Å². The molecule has 1 aromatic heterocycles. The van der Waals surface area contributed by atoms with Gasteiger partial charge in [-0.1, -0.05) is 31.4 Å². The number of phenols is 1. The monoisotopic (exact) mass is 467 g/mol. The van der Waals surface area contributed by atoms with Gasteiger partial charge in [0.2, 0.25) is 10.6 Å². The lowest BCUT2D eigenvalue weighted by molar-refractivity contribution is 0.324. The smallest absolute Gasteiger partial charge is 0.206 e. The molecule has 0 saturated heterocycles. The highest BCUT2D eigenvalue weighted by Gasteiger charge is 2.18. The van der Waals surface area contributed by atoms with Crippen LogP contribution in [0.5, 0.6) is 23.0 Å². The molecule has 0 bridgehead atoms. The Hall–Kier alpha value is -3.26. The second kappa shape index (κ2) is 10.6. The van der Waals surface area contributed by atoms with Crippen LogP contribution in [-0.2, 0) is 0 Å². The Morgan fingerprint density at radius 3 is 2.33 bits per heavy atom. The zero-order chi connectivity index (χ0) is 23.2. The van der Waals surface area contributed by atoms with Crippen molar-refractivity contribution in [1.29, 1.82) is 0 Å². The van der Waals surface area contributed by atoms with E-state index in [4.69, 9.17) is 24.3 Å². The first kappa shape index (κ1) is 22.9. The van der Waals surface area contributed by atoms with Crippen LogP contribution in [0, 0.1) is 0 Å². The fraction of sp³-hybridized carbons (Fsp3) is 0.360. The minimum Gasteiger partial charge on any atom is -0.507 e. The summed E-state index contributed by atoms with van der Waals surface area (Å²) in [6, 6.07) is 11.2. The van der Waals surface area contributed by atoms with Crippen molar-refractivity contribution in [2.45, 2.75) is 38.1 Å². The van der Waals surface area contributed by atoms with E-state index in [1.54, 1.807) is 51.0 Å². The molecule has 33 heavy (non-hydrogen) atoms. The molecule has 0 amide bonds. The first-order chi connectivity index (χ1) is 16.1. The number of rotatable bonds is 7. The SMILES string of the molecule is COc1cc(-c2csc(=NC3CCCCC3)n2N=Cc2ccccc2O)cc(OC)c1OC. The van der Waals surface area contributed by atoms with E-state index in [1.165, 1.54) is 19.3 Å². The van der Waals surface area contributed by atoms with Gasteiger partial charge in [0.1, 0.15) is 5.75 Å². The molecule has 0 unspecified atom stereocenters. The summed E-state index contributed by atoms with van der Waals surface area (Å²) in [6.45, 7) is 0. The third kappa shape index (κ3) is 5.06. The zero-order valence-electron chi connectivity index (χ0n) is 19.2. The van der Waals surface area contributed by atoms with Gasteiger partial charge in [0.25, 0.3) is 0 Å². The number of thiazole rings is 1. The molecule has 174 valence electrons. The Balaban J connectivity index is 1.85. The molecule has 1 aliphatic carbocycles. The van der Waals surface area contributed by atoms with Crippen molar-refractivity contribution in [3.8, 4) is 34.3 Å². The average Bonchev–Trinajstić information content (AvgIpc) is 3.25. The van der Waals surface area contributed by atoms with Crippen molar-refractivity contribution in [1.82, 2.24) is 4.68 Å². The van der Waals surface area contributed by atoms with Crippen LogP contribution in [0.2, 0.25) is 0 Å². The highest BCUT2D eigenvalue weighted by Crippen LogP contribution is 2.41. The van der Waals surface area contributed by atoms with Gasteiger partial charge in [-0.2, -0.15) is 5.10 Å². The maximum atomic E-state index is 10.2. The number of phenolic OH excluding ortho intramolecular Hbond substituents is 1. The van der Waals surface area contributed by atoms with E-state index in [0.717, 1.165) is 28.9 Å². The predicted molar refractivity (Wildman–Crippen MR) is 131 cm³/mol. The summed E-state index contributed by atoms with van der Waals surface area (Å²) in [5.41, 5.74) is 2.34. The molecule has 8 heteroatoms. The summed E-state index contributed by atoms with van der Waals surface area (Å²) in [5, 5.41) is 16.9. The summed E-state index contributed by atoms with van der Waals surface area (Å²) in [6.07, 6.45) is 7.55. The molecular formula is C25H29N3O4S. The third-order valence-electron chi connectivity index (χ3n) is 5.76. The van der Waals surface area contributed by atoms with Gasteiger partial charge in [-0.05, 0) is 37.1 Å². The zero-order valence-corrected chi connectivity index (χ0v) is 20.0. The number of hydrogen-bond donors (Lipinski definition) is 1. The van der Waals surface area contributed by atoms with Crippen LogP contribution >= 0.6 is 11.3 Å². The van der Waals surface area contributed by atoms with Gasteiger partial charge < -0.3 is 19.3 Å². The molecule has 1 heterocycles. The maximum absolute atomic E-state index is 10.2. The van der Waals surface area contributed by atoms with E-state index in [1.807, 2.05) is 34.3 Å². The number of hydrogen-bond acceptors (Lipinski definition) is 7. The lowest BCUT2D eigenvalue weighted by Crippen LogP contribution is -2.19. The molecule has 0 spiro atoms. The van der Waals surface area contributed by atoms with Crippen molar-refractivity contribution in [2.24, 2.45) is 10.1 Å². The van der Waals surface area contributed by atoms with Crippen molar-refractivity contribution in [3.63, 3.8) is 0 Å². The summed E-state index contributed by atoms with van der Waals surface area (Å²) in [4.78, 5) is 5.85. The van der Waals surface area contributed by atoms with Crippen LogP contribution in [0.25, 0.3) is 11.3 Å². The van der Waals surface area contributed by atoms with Gasteiger partial charge in [-0.25, -0.2) is 4.68 Å². The number of nitrogens with zero attached hydrogens (tertiary/aromatic N) is 3. The largest absolute Gasteiger partial charge is 0.507 e. The molecule has 1 fully saturated rings. The van der Waals surface area contributed by atoms with Crippen LogP contribution in [-0.4, -0.2) is 43.4 Å². The van der Waals surface area contributed by atoms with E-state index in [9.17, 15) is 5.11 Å². The molecular weight excluding hydrogens is 438 g/mol. The van der Waals surface area contributed by atoms with Gasteiger partial charge >= 0.3 is 0 Å². The van der Waals surface area contributed by atoms with Gasteiger partial charge in [-0.3, -0.25) is 4.99 Å². The molecule has 3 aromatic rings. The van der Waals surface area contributed by atoms with Crippen LogP contribution in [0.15, 0.2) is 51.9 Å². The van der Waals surface area contributed by atoms with Crippen LogP contribution in [0.4, 0.5) is 0 Å². The Kier molecular flexibility index (Phi) is 7.34. The van der Waals surface area contributed by atoms with E-state index < -0.39 is 0 Å². The van der Waals surface area contributed by atoms with Gasteiger partial charge in [-0.15, -0.1) is 11.3 Å². The number of methoxy groups -OCH3 is 3. The first-order valence-corrected chi connectivity index (χ1v) is 11.9. The first-order valence-electron chi connectivity index (χ1n) is 11.0. The van der Waals surface area contributed by atoms with Crippen molar-refractivity contribution >= 4 is 17.6 Å². The molecule has 0 aliphatic heterocycles. The van der Waals surface area contributed by atoms with Gasteiger partial charge in [0.15, 0.2) is 11.5 Å². The molecule has 1 saturated carbocycles. The normalized spacial score (nSPS) is 15.2. The summed E-state index contributed by atoms with van der Waals surface area (Å²) in [7, 11) is 4.79. The second-order valence-corrected chi connectivity index (χ2v) is 8.69. The molecule has 0 radical (unpaired) electrons. The Morgan fingerprint density at radius 1 is 1.00 bits per heavy atom. The number of benzene rings is 2. The molecule has 2 aromatic carbocycles. The molecule has 4 rings (SSSR count). The summed E-state index contributed by atoms with van der Waals surface area (Å²) >= 11 is 1.55. The number of ether oxygens (including phenoxy) is 3. The number of aromatic hydroxyl groups is 1. The van der Waals surface area contributed by atoms with Crippen LogP contribution < -0.4 is 19.0 Å². The third-order valence-corrected chi connectivity index (χ3v) is 6.59. The number of aromatic nitrogens is 1. The maximum Gasteiger partial charge on any atom is 0.206 e. The summed E-state index contributed by atoms with van der Waals surface area (Å²) < 4.78 is 18.4. The Morgan fingerprint density at radius 2 is 1.70 bits per heavy atom. The molecule has 1 N–H and O–H groups in total. The minimum absolute atomic E-state index is 0.178. The Bertz CT molecular complexity index is 1170. The number of para-hydroxylation sites is 1. The molecule has 0 atom stereocenters. The van der Waals surface area contributed by atoms with E-state index in [0.29, 0.717) is 28.9 Å². The fourth-order valence-electron chi connectivity index (χ4n) is 4.01. The van der Waals surface area contributed by atoms with Crippen molar-refractivity contribution < 1.29 is 19.3 Å².